The van der Waals surface area contributed by atoms with Crippen LogP contribution in [0.25, 0.3) is 5.69 Å². The van der Waals surface area contributed by atoms with Crippen LogP contribution < -0.4 is 10.1 Å². The van der Waals surface area contributed by atoms with Crippen molar-refractivity contribution in [3.05, 3.63) is 82.7 Å². The molecule has 0 saturated carbocycles. The molecule has 0 bridgehead atoms. The van der Waals surface area contributed by atoms with E-state index >= 15 is 0 Å². The first-order chi connectivity index (χ1) is 13.9. The summed E-state index contributed by atoms with van der Waals surface area (Å²) in [6.07, 6.45) is 0. The number of nitrogens with one attached hydrogen (secondary N) is 1. The van der Waals surface area contributed by atoms with Gasteiger partial charge in [0.05, 0.1) is 7.11 Å². The van der Waals surface area contributed by atoms with Crippen molar-refractivity contribution in [3.8, 4) is 11.4 Å². The molecule has 5 heteroatoms. The van der Waals surface area contributed by atoms with Crippen molar-refractivity contribution in [2.24, 2.45) is 0 Å². The Morgan fingerprint density at radius 3 is 2.28 bits per heavy atom. The smallest absolute Gasteiger partial charge is 0.251 e. The molecule has 0 aliphatic heterocycles. The second-order valence-corrected chi connectivity index (χ2v) is 7.55. The van der Waals surface area contributed by atoms with E-state index in [1.54, 1.807) is 7.11 Å². The van der Waals surface area contributed by atoms with Gasteiger partial charge in [0.1, 0.15) is 5.75 Å². The fraction of sp³-hybridized carbons (Fsp3) is 0.292. The van der Waals surface area contributed by atoms with Crippen LogP contribution in [0.3, 0.4) is 0 Å². The molecule has 1 amide bonds. The van der Waals surface area contributed by atoms with Gasteiger partial charge in [-0.1, -0.05) is 12.1 Å². The van der Waals surface area contributed by atoms with Crippen LogP contribution in [0.4, 0.5) is 0 Å². The van der Waals surface area contributed by atoms with Crippen molar-refractivity contribution >= 4 is 5.91 Å². The highest BCUT2D eigenvalue weighted by Crippen LogP contribution is 2.22. The third-order valence-corrected chi connectivity index (χ3v) is 5.02. The Labute approximate surface area is 172 Å². The standard InChI is InChI=1S/C24H29N3O2/c1-17-14-21(18(2)27(17)22-10-12-23(29-5)13-11-22)15-25-24(28)20-8-6-19(7-9-20)16-26(3)4/h6-14H,15-16H2,1-5H3,(H,25,28). The van der Waals surface area contributed by atoms with Crippen LogP contribution in [0, 0.1) is 13.8 Å². The Morgan fingerprint density at radius 1 is 1.03 bits per heavy atom. The van der Waals surface area contributed by atoms with Crippen molar-refractivity contribution in [3.63, 3.8) is 0 Å². The molecule has 5 nitrogen and oxygen atoms in total. The Hall–Kier alpha value is -3.05. The summed E-state index contributed by atoms with van der Waals surface area (Å²) < 4.78 is 7.44. The molecule has 2 aromatic carbocycles. The number of rotatable bonds is 7. The zero-order valence-electron chi connectivity index (χ0n) is 17.8. The maximum atomic E-state index is 12.6. The first kappa shape index (κ1) is 20.7. The third kappa shape index (κ3) is 4.87. The van der Waals surface area contributed by atoms with Crippen molar-refractivity contribution in [1.82, 2.24) is 14.8 Å². The van der Waals surface area contributed by atoms with E-state index in [1.807, 2.05) is 62.6 Å². The van der Waals surface area contributed by atoms with E-state index in [4.69, 9.17) is 4.74 Å². The number of ether oxygens (including phenoxy) is 1. The van der Waals surface area contributed by atoms with Gasteiger partial charge < -0.3 is 19.5 Å². The van der Waals surface area contributed by atoms with Crippen LogP contribution in [0.2, 0.25) is 0 Å². The summed E-state index contributed by atoms with van der Waals surface area (Å²) in [6, 6.07) is 17.9. The molecule has 0 fully saturated rings. The van der Waals surface area contributed by atoms with Gasteiger partial charge in [-0.3, -0.25) is 4.79 Å². The highest BCUT2D eigenvalue weighted by Gasteiger charge is 2.12. The molecule has 0 aliphatic carbocycles. The Bertz CT molecular complexity index is 971. The van der Waals surface area contributed by atoms with E-state index in [0.717, 1.165) is 34.9 Å². The minimum atomic E-state index is -0.0596. The summed E-state index contributed by atoms with van der Waals surface area (Å²) in [4.78, 5) is 14.7. The van der Waals surface area contributed by atoms with Crippen LogP contribution >= 0.6 is 0 Å². The second kappa shape index (κ2) is 8.97. The maximum Gasteiger partial charge on any atom is 0.251 e. The second-order valence-electron chi connectivity index (χ2n) is 7.55. The summed E-state index contributed by atoms with van der Waals surface area (Å²) in [5.74, 6) is 0.774. The van der Waals surface area contributed by atoms with Gasteiger partial charge in [-0.2, -0.15) is 0 Å². The number of carbonyl (C=O) groups excluding carboxylic acids is 1. The molecule has 152 valence electrons. The average molecular weight is 392 g/mol. The topological polar surface area (TPSA) is 46.5 Å². The zero-order chi connectivity index (χ0) is 21.0. The van der Waals surface area contributed by atoms with E-state index in [9.17, 15) is 4.79 Å². The van der Waals surface area contributed by atoms with Crippen molar-refractivity contribution < 1.29 is 9.53 Å². The summed E-state index contributed by atoms with van der Waals surface area (Å²) >= 11 is 0. The van der Waals surface area contributed by atoms with Gasteiger partial charge in [0.25, 0.3) is 5.91 Å². The molecule has 1 aromatic heterocycles. The first-order valence-electron chi connectivity index (χ1n) is 9.73. The number of aryl methyl sites for hydroxylation is 1. The molecule has 0 saturated heterocycles. The quantitative estimate of drug-likeness (QED) is 0.660. The number of aromatic nitrogens is 1. The molecule has 1 heterocycles. The number of carbonyl (C=O) groups is 1. The summed E-state index contributed by atoms with van der Waals surface area (Å²) in [5.41, 5.74) is 6.30. The predicted octanol–water partition coefficient (Wildman–Crippen LogP) is 4.09. The highest BCUT2D eigenvalue weighted by atomic mass is 16.5. The molecule has 0 unspecified atom stereocenters. The van der Waals surface area contributed by atoms with E-state index in [1.165, 1.54) is 5.56 Å². The van der Waals surface area contributed by atoms with Gasteiger partial charge in [-0.25, -0.2) is 0 Å². The largest absolute Gasteiger partial charge is 0.497 e. The molecule has 0 spiro atoms. The van der Waals surface area contributed by atoms with Crippen molar-refractivity contribution in [1.29, 1.82) is 0 Å². The molecule has 29 heavy (non-hydrogen) atoms. The van der Waals surface area contributed by atoms with E-state index in [2.05, 4.69) is 34.7 Å². The molecule has 3 rings (SSSR count). The third-order valence-electron chi connectivity index (χ3n) is 5.02. The van der Waals surface area contributed by atoms with Gasteiger partial charge in [0.2, 0.25) is 0 Å². The fourth-order valence-corrected chi connectivity index (χ4v) is 3.54. The van der Waals surface area contributed by atoms with E-state index in [-0.39, 0.29) is 5.91 Å². The fourth-order valence-electron chi connectivity index (χ4n) is 3.54. The van der Waals surface area contributed by atoms with Gasteiger partial charge in [-0.15, -0.1) is 0 Å². The summed E-state index contributed by atoms with van der Waals surface area (Å²) in [5, 5.41) is 3.04. The lowest BCUT2D eigenvalue weighted by Gasteiger charge is -2.12. The summed E-state index contributed by atoms with van der Waals surface area (Å²) in [7, 11) is 5.73. The minimum absolute atomic E-state index is 0.0596. The number of hydrogen-bond donors (Lipinski definition) is 1. The van der Waals surface area contributed by atoms with Crippen LogP contribution in [0.15, 0.2) is 54.6 Å². The lowest BCUT2D eigenvalue weighted by atomic mass is 10.1. The van der Waals surface area contributed by atoms with Gasteiger partial charge in [0.15, 0.2) is 0 Å². The predicted molar refractivity (Wildman–Crippen MR) is 117 cm³/mol. The van der Waals surface area contributed by atoms with Crippen LogP contribution in [-0.4, -0.2) is 36.6 Å². The van der Waals surface area contributed by atoms with Crippen LogP contribution in [-0.2, 0) is 13.1 Å². The lowest BCUT2D eigenvalue weighted by molar-refractivity contribution is 0.0951. The normalized spacial score (nSPS) is 11.0. The SMILES string of the molecule is COc1ccc(-n2c(C)cc(CNC(=O)c3ccc(CN(C)C)cc3)c2C)cc1. The number of hydrogen-bond acceptors (Lipinski definition) is 3. The van der Waals surface area contributed by atoms with Gasteiger partial charge >= 0.3 is 0 Å². The van der Waals surface area contributed by atoms with Crippen molar-refractivity contribution in [2.75, 3.05) is 21.2 Å². The Morgan fingerprint density at radius 2 is 1.69 bits per heavy atom. The maximum absolute atomic E-state index is 12.6. The monoisotopic (exact) mass is 391 g/mol. The summed E-state index contributed by atoms with van der Waals surface area (Å²) in [6.45, 7) is 5.51. The molecule has 0 aliphatic rings. The van der Waals surface area contributed by atoms with Crippen LogP contribution in [0.5, 0.6) is 5.75 Å². The Kier molecular flexibility index (Phi) is 6.39. The van der Waals surface area contributed by atoms with E-state index < -0.39 is 0 Å². The highest BCUT2D eigenvalue weighted by molar-refractivity contribution is 5.94. The van der Waals surface area contributed by atoms with E-state index in [0.29, 0.717) is 12.1 Å². The zero-order valence-corrected chi connectivity index (χ0v) is 17.8. The molecular weight excluding hydrogens is 362 g/mol. The minimum Gasteiger partial charge on any atom is -0.497 e. The number of amides is 1. The molecule has 0 atom stereocenters. The molecule has 1 N–H and O–H groups in total. The number of methoxy groups -OCH3 is 1. The van der Waals surface area contributed by atoms with Gasteiger partial charge in [-0.05, 0) is 81.5 Å². The van der Waals surface area contributed by atoms with Gasteiger partial charge in [0, 0.05) is 35.7 Å². The number of nitrogens with zero attached hydrogens (tertiary/aromatic N) is 2. The molecular formula is C24H29N3O2. The molecule has 3 aromatic rings. The lowest BCUT2D eigenvalue weighted by Crippen LogP contribution is -2.23. The average Bonchev–Trinajstić information content (AvgIpc) is 2.99. The first-order valence-corrected chi connectivity index (χ1v) is 9.73. The van der Waals surface area contributed by atoms with Crippen molar-refractivity contribution in [2.45, 2.75) is 26.9 Å². The number of benzene rings is 2. The molecule has 0 radical (unpaired) electrons. The Balaban J connectivity index is 1.70. The van der Waals surface area contributed by atoms with Crippen LogP contribution in [0.1, 0.15) is 32.9 Å².